The summed E-state index contributed by atoms with van der Waals surface area (Å²) in [5.74, 6) is 0.419. The molecule has 0 aromatic carbocycles. The minimum atomic E-state index is -1.25. The highest BCUT2D eigenvalue weighted by Crippen LogP contribution is 2.31. The van der Waals surface area contributed by atoms with Crippen molar-refractivity contribution in [1.29, 1.82) is 0 Å². The van der Waals surface area contributed by atoms with Crippen LogP contribution in [0.15, 0.2) is 0 Å². The minimum absolute atomic E-state index is 0.0984. The Labute approximate surface area is 232 Å². The van der Waals surface area contributed by atoms with Crippen LogP contribution in [0.5, 0.6) is 0 Å². The highest BCUT2D eigenvalue weighted by Gasteiger charge is 2.53. The van der Waals surface area contributed by atoms with Crippen LogP contribution in [0.4, 0.5) is 0 Å². The summed E-state index contributed by atoms with van der Waals surface area (Å²) < 4.78 is 34.7. The van der Waals surface area contributed by atoms with Crippen molar-refractivity contribution >= 4 is 23.9 Å². The third kappa shape index (κ3) is 12.8. The van der Waals surface area contributed by atoms with E-state index in [1.54, 1.807) is 0 Å². The van der Waals surface area contributed by atoms with Gasteiger partial charge in [0.1, 0.15) is 12.7 Å². The number of hydrogen-bond acceptors (Lipinski definition) is 11. The second-order valence-corrected chi connectivity index (χ2v) is 9.40. The van der Waals surface area contributed by atoms with Crippen molar-refractivity contribution in [3.8, 4) is 12.3 Å². The monoisotopic (exact) mass is 555 g/mol. The molecule has 1 saturated heterocycles. The molecule has 39 heavy (non-hydrogen) atoms. The third-order valence-corrected chi connectivity index (χ3v) is 5.74. The van der Waals surface area contributed by atoms with Crippen molar-refractivity contribution in [3.63, 3.8) is 0 Å². The second-order valence-electron chi connectivity index (χ2n) is 9.40. The first-order valence-corrected chi connectivity index (χ1v) is 13.8. The van der Waals surface area contributed by atoms with E-state index in [1.807, 2.05) is 39.6 Å². The van der Waals surface area contributed by atoms with Crippen molar-refractivity contribution in [3.05, 3.63) is 0 Å². The topological polar surface area (TPSA) is 127 Å². The van der Waals surface area contributed by atoms with Crippen LogP contribution < -0.4 is 0 Å². The summed E-state index contributed by atoms with van der Waals surface area (Å²) >= 11 is 0. The first kappa shape index (κ1) is 34.3. The minimum Gasteiger partial charge on any atom is -0.463 e. The first-order valence-electron chi connectivity index (χ1n) is 13.8. The van der Waals surface area contributed by atoms with Gasteiger partial charge in [0, 0.05) is 32.2 Å². The highest BCUT2D eigenvalue weighted by atomic mass is 16.7. The fraction of sp³-hybridized carbons (Fsp3) is 0.786. The second kappa shape index (κ2) is 19.4. The summed E-state index contributed by atoms with van der Waals surface area (Å²) in [6, 6.07) is 0. The summed E-state index contributed by atoms with van der Waals surface area (Å²) in [7, 11) is 1.82. The van der Waals surface area contributed by atoms with Gasteiger partial charge in [-0.25, -0.2) is 0 Å². The third-order valence-electron chi connectivity index (χ3n) is 5.74. The summed E-state index contributed by atoms with van der Waals surface area (Å²) in [6.45, 7) is 7.99. The van der Waals surface area contributed by atoms with Crippen LogP contribution in [0, 0.1) is 12.3 Å². The average molecular weight is 556 g/mol. The van der Waals surface area contributed by atoms with E-state index < -0.39 is 54.6 Å². The number of rotatable bonds is 18. The highest BCUT2D eigenvalue weighted by molar-refractivity contribution is 5.72. The van der Waals surface area contributed by atoms with E-state index in [9.17, 15) is 19.2 Å². The lowest BCUT2D eigenvalue weighted by Gasteiger charge is -2.44. The van der Waals surface area contributed by atoms with Crippen molar-refractivity contribution in [2.75, 3.05) is 33.4 Å². The molecule has 11 nitrogen and oxygen atoms in total. The molecular formula is C28H45NO10. The lowest BCUT2D eigenvalue weighted by atomic mass is 9.98. The summed E-state index contributed by atoms with van der Waals surface area (Å²) in [5.41, 5.74) is 0. The normalized spacial score (nSPS) is 22.5. The van der Waals surface area contributed by atoms with Gasteiger partial charge in [-0.15, -0.1) is 6.42 Å². The van der Waals surface area contributed by atoms with Crippen LogP contribution in [0.25, 0.3) is 0 Å². The number of carbonyl (C=O) groups is 4. The van der Waals surface area contributed by atoms with E-state index >= 15 is 0 Å². The Bertz CT molecular complexity index is 811. The van der Waals surface area contributed by atoms with Crippen molar-refractivity contribution in [2.24, 2.45) is 0 Å². The number of likely N-dealkylation sites (N-methyl/N-ethyl adjacent to an activating group) is 1. The van der Waals surface area contributed by atoms with Gasteiger partial charge >= 0.3 is 23.9 Å². The predicted octanol–water partition coefficient (Wildman–Crippen LogP) is 2.77. The smallest absolute Gasteiger partial charge is 0.306 e. The van der Waals surface area contributed by atoms with Crippen molar-refractivity contribution < 1.29 is 47.6 Å². The van der Waals surface area contributed by atoms with Crippen molar-refractivity contribution in [2.45, 2.75) is 110 Å². The zero-order chi connectivity index (χ0) is 29.2. The Kier molecular flexibility index (Phi) is 17.1. The quantitative estimate of drug-likeness (QED) is 0.141. The van der Waals surface area contributed by atoms with E-state index in [-0.39, 0.29) is 38.9 Å². The van der Waals surface area contributed by atoms with Gasteiger partial charge < -0.3 is 28.4 Å². The lowest BCUT2D eigenvalue weighted by Crippen LogP contribution is -2.63. The van der Waals surface area contributed by atoms with Gasteiger partial charge in [-0.2, -0.15) is 0 Å². The molecule has 11 heteroatoms. The van der Waals surface area contributed by atoms with Crippen LogP contribution in [0.1, 0.15) is 79.1 Å². The van der Waals surface area contributed by atoms with E-state index in [0.29, 0.717) is 38.8 Å². The van der Waals surface area contributed by atoms with E-state index in [1.165, 1.54) is 0 Å². The molecule has 222 valence electrons. The summed E-state index contributed by atoms with van der Waals surface area (Å²) in [6.07, 6.45) is 2.11. The van der Waals surface area contributed by atoms with Gasteiger partial charge in [0.25, 0.3) is 0 Å². The number of terminal acetylenes is 1. The maximum absolute atomic E-state index is 12.7. The number of esters is 4. The van der Waals surface area contributed by atoms with Crippen LogP contribution >= 0.6 is 0 Å². The van der Waals surface area contributed by atoms with Crippen LogP contribution in [0.2, 0.25) is 0 Å². The standard InChI is InChI=1S/C28H45NO10/c1-7-12-21(30)35-19-20-25(37-22(31)13-8-2)26(38-23(32)14-9-3)27(39-24(33)15-10-4)28(36-20)34-18-17-29(6)16-11-5/h5,20,25-28H,7-10,12-19H2,1-4,6H3/t20-,25-,26+,27-,28?/m1/s1. The molecule has 0 spiro atoms. The van der Waals surface area contributed by atoms with Gasteiger partial charge in [0.05, 0.1) is 13.2 Å². The fourth-order valence-electron chi connectivity index (χ4n) is 3.80. The maximum atomic E-state index is 12.7. The molecule has 0 aromatic rings. The molecule has 0 radical (unpaired) electrons. The van der Waals surface area contributed by atoms with Gasteiger partial charge in [-0.05, 0) is 32.7 Å². The Morgan fingerprint density at radius 2 is 1.26 bits per heavy atom. The zero-order valence-electron chi connectivity index (χ0n) is 24.0. The Balaban J connectivity index is 3.39. The molecule has 1 aliphatic heterocycles. The van der Waals surface area contributed by atoms with E-state index in [4.69, 9.17) is 34.8 Å². The largest absolute Gasteiger partial charge is 0.463 e. The Morgan fingerprint density at radius 3 is 1.77 bits per heavy atom. The molecule has 0 aliphatic carbocycles. The number of carbonyl (C=O) groups excluding carboxylic acids is 4. The molecule has 1 heterocycles. The summed E-state index contributed by atoms with van der Waals surface area (Å²) in [5, 5.41) is 0. The molecule has 0 bridgehead atoms. The molecule has 0 amide bonds. The number of nitrogens with zero attached hydrogens (tertiary/aromatic N) is 1. The maximum Gasteiger partial charge on any atom is 0.306 e. The van der Waals surface area contributed by atoms with Gasteiger partial charge in [-0.1, -0.05) is 33.6 Å². The molecule has 1 unspecified atom stereocenters. The Hall–Kier alpha value is -2.68. The first-order chi connectivity index (χ1) is 18.7. The molecule has 1 aliphatic rings. The molecule has 0 saturated carbocycles. The molecular weight excluding hydrogens is 510 g/mol. The average Bonchev–Trinajstić information content (AvgIpc) is 2.87. The molecule has 5 atom stereocenters. The van der Waals surface area contributed by atoms with Crippen LogP contribution in [0.3, 0.4) is 0 Å². The van der Waals surface area contributed by atoms with Gasteiger partial charge in [0.2, 0.25) is 0 Å². The van der Waals surface area contributed by atoms with Crippen LogP contribution in [-0.4, -0.2) is 92.8 Å². The Morgan fingerprint density at radius 1 is 0.769 bits per heavy atom. The van der Waals surface area contributed by atoms with Crippen LogP contribution in [-0.2, 0) is 47.6 Å². The lowest BCUT2D eigenvalue weighted by molar-refractivity contribution is -0.309. The van der Waals surface area contributed by atoms with Gasteiger partial charge in [-0.3, -0.25) is 24.1 Å². The number of ether oxygens (including phenoxy) is 6. The van der Waals surface area contributed by atoms with Crippen molar-refractivity contribution in [1.82, 2.24) is 4.90 Å². The molecule has 1 rings (SSSR count). The van der Waals surface area contributed by atoms with E-state index in [2.05, 4.69) is 5.92 Å². The molecule has 1 fully saturated rings. The zero-order valence-corrected chi connectivity index (χ0v) is 24.0. The molecule has 0 N–H and O–H groups in total. The fourth-order valence-corrected chi connectivity index (χ4v) is 3.80. The number of hydrogen-bond donors (Lipinski definition) is 0. The molecule has 0 aromatic heterocycles. The summed E-state index contributed by atoms with van der Waals surface area (Å²) in [4.78, 5) is 51.8. The van der Waals surface area contributed by atoms with E-state index in [0.717, 1.165) is 0 Å². The predicted molar refractivity (Wildman–Crippen MR) is 141 cm³/mol. The van der Waals surface area contributed by atoms with Gasteiger partial charge in [0.15, 0.2) is 24.6 Å². The SMILES string of the molecule is C#CCN(C)CCOC1O[C@H](COC(=O)CCC)[C@@H](OC(=O)CCC)[C@H](OC(=O)CCC)[C@H]1OC(=O)CCC.